The van der Waals surface area contributed by atoms with Gasteiger partial charge in [-0.25, -0.2) is 5.43 Å². The van der Waals surface area contributed by atoms with Crippen LogP contribution in [0.25, 0.3) is 0 Å². The van der Waals surface area contributed by atoms with Crippen LogP contribution >= 0.6 is 11.3 Å². The van der Waals surface area contributed by atoms with Crippen molar-refractivity contribution in [3.05, 3.63) is 40.1 Å². The van der Waals surface area contributed by atoms with Gasteiger partial charge in [-0.2, -0.15) is 0 Å². The highest BCUT2D eigenvalue weighted by molar-refractivity contribution is 7.10. The van der Waals surface area contributed by atoms with Crippen LogP contribution in [0.3, 0.4) is 0 Å². The van der Waals surface area contributed by atoms with Crippen LogP contribution in [0.5, 0.6) is 17.2 Å². The van der Waals surface area contributed by atoms with Gasteiger partial charge in [0.1, 0.15) is 17.2 Å². The number of hydrogen-bond acceptors (Lipinski definition) is 6. The molecule has 20 heavy (non-hydrogen) atoms. The Morgan fingerprint density at radius 1 is 1.05 bits per heavy atom. The Balaban J connectivity index is 2.40. The number of thiophene rings is 1. The molecule has 1 unspecified atom stereocenters. The van der Waals surface area contributed by atoms with Gasteiger partial charge >= 0.3 is 0 Å². The molecule has 5 nitrogen and oxygen atoms in total. The number of hydrogen-bond donors (Lipinski definition) is 2. The molecule has 0 bridgehead atoms. The predicted molar refractivity (Wildman–Crippen MR) is 79.6 cm³/mol. The Morgan fingerprint density at radius 3 is 2.35 bits per heavy atom. The van der Waals surface area contributed by atoms with E-state index in [1.54, 1.807) is 32.7 Å². The molecular weight excluding hydrogens is 276 g/mol. The molecule has 3 N–H and O–H groups in total. The molecule has 0 saturated heterocycles. The molecule has 0 fully saturated rings. The van der Waals surface area contributed by atoms with Crippen LogP contribution in [0, 0.1) is 0 Å². The summed E-state index contributed by atoms with van der Waals surface area (Å²) in [7, 11) is 4.89. The van der Waals surface area contributed by atoms with Gasteiger partial charge in [0.05, 0.1) is 27.4 Å². The lowest BCUT2D eigenvalue weighted by Gasteiger charge is -2.18. The average Bonchev–Trinajstić information content (AvgIpc) is 2.97. The molecule has 0 saturated carbocycles. The summed E-state index contributed by atoms with van der Waals surface area (Å²) in [4.78, 5) is 1.05. The van der Waals surface area contributed by atoms with Crippen LogP contribution in [0.15, 0.2) is 29.6 Å². The highest BCUT2D eigenvalue weighted by Crippen LogP contribution is 2.36. The summed E-state index contributed by atoms with van der Waals surface area (Å²) in [5, 5.41) is 1.94. The summed E-state index contributed by atoms with van der Waals surface area (Å²) in [5.74, 6) is 7.99. The van der Waals surface area contributed by atoms with Crippen molar-refractivity contribution in [1.82, 2.24) is 5.43 Å². The quantitative estimate of drug-likeness (QED) is 0.632. The molecule has 0 radical (unpaired) electrons. The van der Waals surface area contributed by atoms with Crippen molar-refractivity contribution in [2.24, 2.45) is 5.84 Å². The number of ether oxygens (including phenoxy) is 3. The maximum Gasteiger partial charge on any atom is 0.129 e. The Bertz CT molecular complexity index is 571. The molecule has 0 spiro atoms. The van der Waals surface area contributed by atoms with Gasteiger partial charge in [0.15, 0.2) is 0 Å². The average molecular weight is 294 g/mol. The molecule has 1 aromatic carbocycles. The molecule has 1 aromatic heterocycles. The molecule has 1 atom stereocenters. The monoisotopic (exact) mass is 294 g/mol. The number of rotatable bonds is 6. The fourth-order valence-electron chi connectivity index (χ4n) is 1.97. The van der Waals surface area contributed by atoms with Crippen molar-refractivity contribution in [2.45, 2.75) is 6.04 Å². The van der Waals surface area contributed by atoms with E-state index in [-0.39, 0.29) is 6.04 Å². The van der Waals surface area contributed by atoms with Gasteiger partial charge in [-0.1, -0.05) is 0 Å². The highest BCUT2D eigenvalue weighted by atomic mass is 32.1. The van der Waals surface area contributed by atoms with Crippen LogP contribution in [0.2, 0.25) is 0 Å². The molecule has 0 aliphatic rings. The summed E-state index contributed by atoms with van der Waals surface area (Å²) >= 11 is 1.58. The summed E-state index contributed by atoms with van der Waals surface area (Å²) < 4.78 is 15.8. The van der Waals surface area contributed by atoms with Crippen LogP contribution < -0.4 is 25.5 Å². The minimum atomic E-state index is -0.162. The fraction of sp³-hybridized carbons (Fsp3) is 0.286. The molecule has 6 heteroatoms. The summed E-state index contributed by atoms with van der Waals surface area (Å²) in [6, 6.07) is 7.45. The molecule has 0 aliphatic carbocycles. The third-order valence-electron chi connectivity index (χ3n) is 3.03. The van der Waals surface area contributed by atoms with Gasteiger partial charge in [-0.3, -0.25) is 5.84 Å². The third-order valence-corrected chi connectivity index (χ3v) is 4.01. The lowest BCUT2D eigenvalue weighted by atomic mass is 10.0. The number of nitrogens with two attached hydrogens (primary N) is 1. The standard InChI is InChI=1S/C14H18N2O3S/c1-17-9-4-5-11(12(6-9)19-3)14(16-15)13-7-10(18-2)8-20-13/h4-8,14,16H,15H2,1-3H3. The normalized spacial score (nSPS) is 12.0. The van der Waals surface area contributed by atoms with Crippen molar-refractivity contribution in [1.29, 1.82) is 0 Å². The summed E-state index contributed by atoms with van der Waals surface area (Å²) in [6.07, 6.45) is 0. The topological polar surface area (TPSA) is 65.7 Å². The van der Waals surface area contributed by atoms with Crippen molar-refractivity contribution in [3.63, 3.8) is 0 Å². The number of hydrazine groups is 1. The maximum atomic E-state index is 5.71. The Morgan fingerprint density at radius 2 is 1.80 bits per heavy atom. The van der Waals surface area contributed by atoms with E-state index in [0.29, 0.717) is 0 Å². The van der Waals surface area contributed by atoms with Gasteiger partial charge in [0.25, 0.3) is 0 Å². The lowest BCUT2D eigenvalue weighted by molar-refractivity contribution is 0.387. The zero-order valence-electron chi connectivity index (χ0n) is 11.7. The van der Waals surface area contributed by atoms with Gasteiger partial charge in [0.2, 0.25) is 0 Å². The van der Waals surface area contributed by atoms with E-state index in [4.69, 9.17) is 20.1 Å². The van der Waals surface area contributed by atoms with E-state index in [2.05, 4.69) is 5.43 Å². The van der Waals surface area contributed by atoms with E-state index < -0.39 is 0 Å². The Hall–Kier alpha value is -1.76. The zero-order valence-corrected chi connectivity index (χ0v) is 12.5. The number of nitrogens with one attached hydrogen (secondary N) is 1. The van der Waals surface area contributed by atoms with E-state index in [1.807, 2.05) is 29.6 Å². The second-order valence-electron chi connectivity index (χ2n) is 4.10. The molecule has 0 aliphatic heterocycles. The van der Waals surface area contributed by atoms with E-state index in [0.717, 1.165) is 27.7 Å². The Labute approximate surface area is 122 Å². The van der Waals surface area contributed by atoms with Gasteiger partial charge in [0, 0.05) is 21.9 Å². The van der Waals surface area contributed by atoms with Crippen molar-refractivity contribution in [3.8, 4) is 17.2 Å². The van der Waals surface area contributed by atoms with Gasteiger partial charge in [-0.05, 0) is 18.2 Å². The first-order valence-electron chi connectivity index (χ1n) is 6.04. The predicted octanol–water partition coefficient (Wildman–Crippen LogP) is 2.33. The molecule has 108 valence electrons. The molecule has 0 amide bonds. The van der Waals surface area contributed by atoms with Crippen LogP contribution in [-0.2, 0) is 0 Å². The molecular formula is C14H18N2O3S. The summed E-state index contributed by atoms with van der Waals surface area (Å²) in [6.45, 7) is 0. The smallest absolute Gasteiger partial charge is 0.129 e. The fourth-order valence-corrected chi connectivity index (χ4v) is 2.91. The van der Waals surface area contributed by atoms with Crippen LogP contribution in [-0.4, -0.2) is 21.3 Å². The maximum absolute atomic E-state index is 5.71. The van der Waals surface area contributed by atoms with Crippen LogP contribution in [0.4, 0.5) is 0 Å². The van der Waals surface area contributed by atoms with Crippen molar-refractivity contribution in [2.75, 3.05) is 21.3 Å². The molecule has 2 rings (SSSR count). The number of benzene rings is 1. The number of methoxy groups -OCH3 is 3. The lowest BCUT2D eigenvalue weighted by Crippen LogP contribution is -2.28. The van der Waals surface area contributed by atoms with Crippen molar-refractivity contribution < 1.29 is 14.2 Å². The Kier molecular flexibility index (Phi) is 4.84. The molecule has 2 aromatic rings. The largest absolute Gasteiger partial charge is 0.497 e. The first-order chi connectivity index (χ1) is 9.73. The SMILES string of the molecule is COc1csc(C(NN)c2ccc(OC)cc2OC)c1. The second-order valence-corrected chi connectivity index (χ2v) is 5.04. The van der Waals surface area contributed by atoms with Gasteiger partial charge < -0.3 is 14.2 Å². The van der Waals surface area contributed by atoms with Crippen molar-refractivity contribution >= 4 is 11.3 Å². The van der Waals surface area contributed by atoms with E-state index in [9.17, 15) is 0 Å². The highest BCUT2D eigenvalue weighted by Gasteiger charge is 2.19. The second kappa shape index (κ2) is 6.60. The van der Waals surface area contributed by atoms with E-state index in [1.165, 1.54) is 0 Å². The summed E-state index contributed by atoms with van der Waals surface area (Å²) in [5.41, 5.74) is 3.76. The first-order valence-corrected chi connectivity index (χ1v) is 6.92. The zero-order chi connectivity index (χ0) is 14.5. The van der Waals surface area contributed by atoms with Crippen LogP contribution in [0.1, 0.15) is 16.5 Å². The van der Waals surface area contributed by atoms with E-state index >= 15 is 0 Å². The third kappa shape index (κ3) is 2.87. The first kappa shape index (κ1) is 14.6. The molecule has 1 heterocycles. The minimum Gasteiger partial charge on any atom is -0.497 e. The van der Waals surface area contributed by atoms with Gasteiger partial charge in [-0.15, -0.1) is 11.3 Å². The minimum absolute atomic E-state index is 0.162.